The molecule has 3 nitrogen and oxygen atoms in total. The monoisotopic (exact) mass is 630 g/mol. The van der Waals surface area contributed by atoms with Crippen LogP contribution < -0.4 is 4.74 Å². The highest BCUT2D eigenvalue weighted by atomic mass is 32.2. The van der Waals surface area contributed by atoms with E-state index in [4.69, 9.17) is 9.72 Å². The summed E-state index contributed by atoms with van der Waals surface area (Å²) in [5, 5.41) is 7.62. The van der Waals surface area contributed by atoms with Crippen molar-refractivity contribution in [2.45, 2.75) is 9.79 Å². The number of para-hydroxylation sites is 1. The van der Waals surface area contributed by atoms with E-state index in [1.165, 1.54) is 32.3 Å². The maximum atomic E-state index is 6.27. The van der Waals surface area contributed by atoms with E-state index >= 15 is 0 Å². The van der Waals surface area contributed by atoms with Gasteiger partial charge in [-0.15, -0.1) is 0 Å². The number of ether oxygens (including phenoxy) is 1. The number of hydrogen-bond acceptors (Lipinski definition) is 4. The summed E-state index contributed by atoms with van der Waals surface area (Å²) in [5.41, 5.74) is 8.31. The third-order valence-corrected chi connectivity index (χ3v) is 10.4. The molecule has 4 heteroatoms. The van der Waals surface area contributed by atoms with Crippen LogP contribution in [-0.4, -0.2) is 9.97 Å². The lowest BCUT2D eigenvalue weighted by Gasteiger charge is -2.20. The summed E-state index contributed by atoms with van der Waals surface area (Å²) in [4.78, 5) is 11.8. The number of benzene rings is 7. The zero-order chi connectivity index (χ0) is 31.6. The second-order valence-electron chi connectivity index (χ2n) is 12.2. The van der Waals surface area contributed by atoms with Gasteiger partial charge in [0.1, 0.15) is 11.5 Å². The second-order valence-corrected chi connectivity index (χ2v) is 13.3. The molecule has 48 heavy (non-hydrogen) atoms. The van der Waals surface area contributed by atoms with Crippen LogP contribution >= 0.6 is 11.8 Å². The Kier molecular flexibility index (Phi) is 6.11. The molecule has 1 aliphatic heterocycles. The van der Waals surface area contributed by atoms with Gasteiger partial charge in [-0.2, -0.15) is 0 Å². The van der Waals surface area contributed by atoms with Gasteiger partial charge in [-0.25, -0.2) is 4.98 Å². The highest BCUT2D eigenvalue weighted by Crippen LogP contribution is 2.48. The SMILES string of the molecule is c1ccc2c(c1)Oc1ccc(-c3cc(-c4ccc5c6ccccc6c6ccccc6c5c4)cc(-c4ccc5ncccc5n4)c3)cc1S2. The summed E-state index contributed by atoms with van der Waals surface area (Å²) >= 11 is 1.75. The molecule has 0 atom stereocenters. The van der Waals surface area contributed by atoms with Crippen LogP contribution in [0.15, 0.2) is 168 Å². The van der Waals surface area contributed by atoms with Crippen molar-refractivity contribution in [2.24, 2.45) is 0 Å². The standard InChI is InChI=1S/C44H26N2OS/c1-2-10-34-32(8-1)33-9-3-4-11-35(33)37-25-27(15-17-36(34)37)29-22-30(24-31(23-29)38-18-19-39-40(46-38)12-7-21-45-39)28-16-20-42-44(26-28)48-43-14-6-5-13-41(43)47-42/h1-26H. The van der Waals surface area contributed by atoms with Crippen LogP contribution in [0.2, 0.25) is 0 Å². The maximum absolute atomic E-state index is 6.27. The first-order valence-corrected chi connectivity index (χ1v) is 16.9. The fourth-order valence-electron chi connectivity index (χ4n) is 7.02. The van der Waals surface area contributed by atoms with Crippen molar-refractivity contribution in [2.75, 3.05) is 0 Å². The van der Waals surface area contributed by atoms with Gasteiger partial charge in [0, 0.05) is 11.8 Å². The summed E-state index contributed by atoms with van der Waals surface area (Å²) in [6.07, 6.45) is 1.81. The molecular formula is C44H26N2OS. The summed E-state index contributed by atoms with van der Waals surface area (Å²) in [6.45, 7) is 0. The van der Waals surface area contributed by atoms with Gasteiger partial charge in [-0.05, 0) is 127 Å². The maximum Gasteiger partial charge on any atom is 0.141 e. The van der Waals surface area contributed by atoms with E-state index < -0.39 is 0 Å². The molecular weight excluding hydrogens is 605 g/mol. The molecule has 0 aliphatic carbocycles. The molecule has 224 valence electrons. The second kappa shape index (κ2) is 10.8. The van der Waals surface area contributed by atoms with Gasteiger partial charge in [-0.3, -0.25) is 4.98 Å². The van der Waals surface area contributed by atoms with E-state index in [1.807, 2.05) is 30.5 Å². The van der Waals surface area contributed by atoms with E-state index in [2.05, 4.69) is 132 Å². The normalized spacial score (nSPS) is 12.2. The van der Waals surface area contributed by atoms with Crippen LogP contribution in [0.5, 0.6) is 11.5 Å². The van der Waals surface area contributed by atoms with E-state index in [9.17, 15) is 0 Å². The van der Waals surface area contributed by atoms with Crippen LogP contribution in [0, 0.1) is 0 Å². The molecule has 1 aliphatic rings. The molecule has 0 unspecified atom stereocenters. The lowest BCUT2D eigenvalue weighted by molar-refractivity contribution is 0.454. The van der Waals surface area contributed by atoms with Crippen molar-refractivity contribution in [3.63, 3.8) is 0 Å². The molecule has 2 aromatic heterocycles. The number of hydrogen-bond donors (Lipinski definition) is 0. The molecule has 0 spiro atoms. The van der Waals surface area contributed by atoms with Crippen molar-refractivity contribution in [3.8, 4) is 45.0 Å². The summed E-state index contributed by atoms with van der Waals surface area (Å²) in [7, 11) is 0. The van der Waals surface area contributed by atoms with E-state index in [-0.39, 0.29) is 0 Å². The van der Waals surface area contributed by atoms with Crippen LogP contribution in [0.3, 0.4) is 0 Å². The third kappa shape index (κ3) is 4.45. The Morgan fingerprint density at radius 2 is 1.02 bits per heavy atom. The molecule has 0 radical (unpaired) electrons. The number of aromatic nitrogens is 2. The topological polar surface area (TPSA) is 35.0 Å². The van der Waals surface area contributed by atoms with Crippen molar-refractivity contribution in [1.29, 1.82) is 0 Å². The molecule has 0 saturated heterocycles. The Morgan fingerprint density at radius 3 is 1.81 bits per heavy atom. The fourth-order valence-corrected chi connectivity index (χ4v) is 8.01. The molecule has 10 rings (SSSR count). The van der Waals surface area contributed by atoms with Crippen molar-refractivity contribution in [1.82, 2.24) is 9.97 Å². The lowest BCUT2D eigenvalue weighted by Crippen LogP contribution is -1.95. The molecule has 0 amide bonds. The highest BCUT2D eigenvalue weighted by Gasteiger charge is 2.19. The fraction of sp³-hybridized carbons (Fsp3) is 0. The van der Waals surface area contributed by atoms with Crippen LogP contribution in [0.4, 0.5) is 0 Å². The number of fused-ring (bicyclic) bond motifs is 9. The first-order chi connectivity index (χ1) is 23.7. The van der Waals surface area contributed by atoms with Crippen molar-refractivity contribution >= 4 is 55.1 Å². The average molecular weight is 631 g/mol. The molecule has 0 saturated carbocycles. The van der Waals surface area contributed by atoms with Gasteiger partial charge in [0.25, 0.3) is 0 Å². The number of nitrogens with zero attached hydrogens (tertiary/aromatic N) is 2. The highest BCUT2D eigenvalue weighted by molar-refractivity contribution is 7.99. The molecule has 0 bridgehead atoms. The van der Waals surface area contributed by atoms with Gasteiger partial charge < -0.3 is 4.74 Å². The number of pyridine rings is 2. The predicted octanol–water partition coefficient (Wildman–Crippen LogP) is 12.3. The summed E-state index contributed by atoms with van der Waals surface area (Å²) in [5.74, 6) is 1.79. The Labute approximate surface area is 281 Å². The first kappa shape index (κ1) is 27.2. The molecule has 7 aromatic carbocycles. The zero-order valence-corrected chi connectivity index (χ0v) is 26.5. The first-order valence-electron chi connectivity index (χ1n) is 16.1. The van der Waals surface area contributed by atoms with Crippen LogP contribution in [0.25, 0.3) is 76.9 Å². The molecule has 0 fully saturated rings. The zero-order valence-electron chi connectivity index (χ0n) is 25.7. The minimum absolute atomic E-state index is 0.881. The Bertz CT molecular complexity index is 2720. The van der Waals surface area contributed by atoms with Gasteiger partial charge in [0.05, 0.1) is 26.5 Å². The Hall–Kier alpha value is -5.97. The van der Waals surface area contributed by atoms with Crippen molar-refractivity contribution in [3.05, 3.63) is 158 Å². The van der Waals surface area contributed by atoms with Gasteiger partial charge in [0.2, 0.25) is 0 Å². The predicted molar refractivity (Wildman–Crippen MR) is 199 cm³/mol. The quantitative estimate of drug-likeness (QED) is 0.182. The van der Waals surface area contributed by atoms with E-state index in [0.29, 0.717) is 0 Å². The van der Waals surface area contributed by atoms with Crippen LogP contribution in [-0.2, 0) is 0 Å². The Morgan fingerprint density at radius 1 is 0.396 bits per heavy atom. The summed E-state index contributed by atoms with van der Waals surface area (Å²) < 4.78 is 6.27. The smallest absolute Gasteiger partial charge is 0.141 e. The summed E-state index contributed by atoms with van der Waals surface area (Å²) in [6, 6.07) is 54.0. The Balaban J connectivity index is 1.18. The minimum Gasteiger partial charge on any atom is -0.455 e. The van der Waals surface area contributed by atoms with Crippen molar-refractivity contribution < 1.29 is 4.74 Å². The minimum atomic E-state index is 0.881. The van der Waals surface area contributed by atoms with Gasteiger partial charge in [-0.1, -0.05) is 90.6 Å². The number of rotatable bonds is 3. The van der Waals surface area contributed by atoms with Crippen LogP contribution in [0.1, 0.15) is 0 Å². The molecule has 0 N–H and O–H groups in total. The molecule has 3 heterocycles. The van der Waals surface area contributed by atoms with Gasteiger partial charge >= 0.3 is 0 Å². The largest absolute Gasteiger partial charge is 0.455 e. The van der Waals surface area contributed by atoms with E-state index in [0.717, 1.165) is 65.8 Å². The molecule has 9 aromatic rings. The van der Waals surface area contributed by atoms with E-state index in [1.54, 1.807) is 11.8 Å². The third-order valence-electron chi connectivity index (χ3n) is 9.33. The van der Waals surface area contributed by atoms with Gasteiger partial charge in [0.15, 0.2) is 0 Å². The lowest BCUT2D eigenvalue weighted by atomic mass is 9.90. The average Bonchev–Trinajstić information content (AvgIpc) is 3.16.